The highest BCUT2D eigenvalue weighted by atomic mass is 16.5. The maximum atomic E-state index is 12.1. The van der Waals surface area contributed by atoms with Crippen LogP contribution in [0.1, 0.15) is 16.1 Å². The zero-order valence-electron chi connectivity index (χ0n) is 17.1. The molecule has 0 spiro atoms. The zero-order chi connectivity index (χ0) is 21.4. The minimum absolute atomic E-state index is 0.533. The van der Waals surface area contributed by atoms with E-state index in [1.54, 1.807) is 20.3 Å². The fourth-order valence-electron chi connectivity index (χ4n) is 3.92. The lowest BCUT2D eigenvalue weighted by atomic mass is 10.0. The predicted octanol–water partition coefficient (Wildman–Crippen LogP) is 4.58. The van der Waals surface area contributed by atoms with E-state index < -0.39 is 0 Å². The molecule has 152 valence electrons. The number of aromatic nitrogens is 1. The number of methoxy groups -OCH3 is 2. The standard InChI is InChI=1S/C24H23N3O3/c1-14-21(13-28)27-20(23(14)15-4-7-17(29-2)8-5-15)11-10-19(26)24(27)16-6-9-18(25)22(12-16)30-3/h4-13H,25-26H2,1-3H3. The van der Waals surface area contributed by atoms with Crippen LogP contribution in [0.4, 0.5) is 11.4 Å². The van der Waals surface area contributed by atoms with E-state index in [1.807, 2.05) is 59.9 Å². The molecular formula is C24H23N3O3. The lowest BCUT2D eigenvalue weighted by molar-refractivity contribution is 0.111. The number of benzene rings is 2. The van der Waals surface area contributed by atoms with Gasteiger partial charge >= 0.3 is 0 Å². The Morgan fingerprint density at radius 1 is 0.867 bits per heavy atom. The fourth-order valence-corrected chi connectivity index (χ4v) is 3.92. The summed E-state index contributed by atoms with van der Waals surface area (Å²) in [6.45, 7) is 1.94. The van der Waals surface area contributed by atoms with Gasteiger partial charge in [-0.05, 0) is 54.4 Å². The molecule has 0 aliphatic rings. The summed E-state index contributed by atoms with van der Waals surface area (Å²) in [5.74, 6) is 1.32. The molecule has 0 bridgehead atoms. The monoisotopic (exact) mass is 401 g/mol. The van der Waals surface area contributed by atoms with Crippen LogP contribution in [0.2, 0.25) is 0 Å². The fraction of sp³-hybridized carbons (Fsp3) is 0.125. The average molecular weight is 401 g/mol. The molecule has 0 aliphatic carbocycles. The molecule has 6 nitrogen and oxygen atoms in total. The van der Waals surface area contributed by atoms with E-state index in [1.165, 1.54) is 0 Å². The van der Waals surface area contributed by atoms with Gasteiger partial charge in [-0.15, -0.1) is 0 Å². The minimum Gasteiger partial charge on any atom is -0.497 e. The van der Waals surface area contributed by atoms with E-state index in [0.717, 1.165) is 45.5 Å². The lowest BCUT2D eigenvalue weighted by Crippen LogP contribution is -2.02. The first kappa shape index (κ1) is 19.4. The van der Waals surface area contributed by atoms with E-state index in [9.17, 15) is 4.79 Å². The molecule has 4 N–H and O–H groups in total. The Bertz CT molecular complexity index is 1260. The molecule has 0 saturated heterocycles. The second-order valence-electron chi connectivity index (χ2n) is 7.05. The van der Waals surface area contributed by atoms with Crippen molar-refractivity contribution in [2.24, 2.45) is 0 Å². The van der Waals surface area contributed by atoms with E-state index in [-0.39, 0.29) is 0 Å². The SMILES string of the molecule is COc1ccc(-c2c(C)c(C=O)n3c(-c4ccc(N)c(OC)c4)c(N)ccc23)cc1. The Hall–Kier alpha value is -3.93. The molecule has 2 aromatic heterocycles. The molecule has 4 rings (SSSR count). The Kier molecular flexibility index (Phi) is 4.83. The van der Waals surface area contributed by atoms with Gasteiger partial charge in [0.05, 0.1) is 42.5 Å². The van der Waals surface area contributed by atoms with Crippen molar-refractivity contribution in [2.45, 2.75) is 6.92 Å². The molecule has 6 heteroatoms. The molecule has 0 fully saturated rings. The summed E-state index contributed by atoms with van der Waals surface area (Å²) in [5, 5.41) is 0. The van der Waals surface area contributed by atoms with E-state index in [0.29, 0.717) is 22.8 Å². The van der Waals surface area contributed by atoms with Gasteiger partial charge in [-0.2, -0.15) is 0 Å². The number of aldehydes is 1. The first-order chi connectivity index (χ1) is 14.5. The molecule has 0 radical (unpaired) electrons. The third-order valence-electron chi connectivity index (χ3n) is 5.41. The Labute approximate surface area is 174 Å². The molecule has 0 aliphatic heterocycles. The van der Waals surface area contributed by atoms with Crippen molar-refractivity contribution in [3.8, 4) is 33.9 Å². The van der Waals surface area contributed by atoms with Gasteiger partial charge < -0.3 is 25.3 Å². The quantitative estimate of drug-likeness (QED) is 0.377. The molecule has 0 amide bonds. The molecule has 0 atom stereocenters. The Balaban J connectivity index is 2.06. The highest BCUT2D eigenvalue weighted by molar-refractivity contribution is 5.95. The summed E-state index contributed by atoms with van der Waals surface area (Å²) < 4.78 is 12.6. The van der Waals surface area contributed by atoms with Crippen LogP contribution < -0.4 is 20.9 Å². The summed E-state index contributed by atoms with van der Waals surface area (Å²) in [5.41, 5.74) is 19.3. The largest absolute Gasteiger partial charge is 0.497 e. The van der Waals surface area contributed by atoms with Crippen molar-refractivity contribution in [1.82, 2.24) is 4.40 Å². The van der Waals surface area contributed by atoms with Gasteiger partial charge in [-0.25, -0.2) is 0 Å². The molecule has 2 aromatic carbocycles. The number of hydrogen-bond donors (Lipinski definition) is 2. The van der Waals surface area contributed by atoms with Crippen molar-refractivity contribution < 1.29 is 14.3 Å². The van der Waals surface area contributed by atoms with Crippen LogP contribution in [-0.2, 0) is 0 Å². The van der Waals surface area contributed by atoms with Crippen molar-refractivity contribution in [3.05, 3.63) is 65.9 Å². The minimum atomic E-state index is 0.533. The van der Waals surface area contributed by atoms with E-state index >= 15 is 0 Å². The smallest absolute Gasteiger partial charge is 0.167 e. The van der Waals surface area contributed by atoms with Gasteiger partial charge in [0.2, 0.25) is 0 Å². The van der Waals surface area contributed by atoms with Crippen molar-refractivity contribution >= 4 is 23.2 Å². The van der Waals surface area contributed by atoms with Crippen molar-refractivity contribution in [1.29, 1.82) is 0 Å². The third kappa shape index (κ3) is 2.93. The number of hydrogen-bond acceptors (Lipinski definition) is 5. The Morgan fingerprint density at radius 3 is 2.17 bits per heavy atom. The topological polar surface area (TPSA) is 92.0 Å². The Morgan fingerprint density at radius 2 is 1.53 bits per heavy atom. The number of pyridine rings is 1. The molecule has 0 saturated carbocycles. The highest BCUT2D eigenvalue weighted by Crippen LogP contribution is 2.39. The number of fused-ring (bicyclic) bond motifs is 1. The second-order valence-corrected chi connectivity index (χ2v) is 7.05. The van der Waals surface area contributed by atoms with Crippen LogP contribution in [0.15, 0.2) is 54.6 Å². The maximum Gasteiger partial charge on any atom is 0.167 e. The molecule has 2 heterocycles. The van der Waals surface area contributed by atoms with Gasteiger partial charge in [0, 0.05) is 11.1 Å². The van der Waals surface area contributed by atoms with Gasteiger partial charge in [0.15, 0.2) is 6.29 Å². The first-order valence-electron chi connectivity index (χ1n) is 9.47. The zero-order valence-corrected chi connectivity index (χ0v) is 17.1. The number of nitrogens with two attached hydrogens (primary N) is 2. The molecule has 0 unspecified atom stereocenters. The number of rotatable bonds is 5. The molecule has 30 heavy (non-hydrogen) atoms. The van der Waals surface area contributed by atoms with Crippen molar-refractivity contribution in [2.75, 3.05) is 25.7 Å². The summed E-state index contributed by atoms with van der Waals surface area (Å²) in [6, 6.07) is 17.0. The van der Waals surface area contributed by atoms with Gasteiger partial charge in [-0.1, -0.05) is 18.2 Å². The van der Waals surface area contributed by atoms with Crippen molar-refractivity contribution in [3.63, 3.8) is 0 Å². The van der Waals surface area contributed by atoms with Crippen LogP contribution in [0.25, 0.3) is 27.9 Å². The summed E-state index contributed by atoms with van der Waals surface area (Å²) in [4.78, 5) is 12.1. The van der Waals surface area contributed by atoms with Gasteiger partial charge in [0.25, 0.3) is 0 Å². The van der Waals surface area contributed by atoms with Crippen LogP contribution >= 0.6 is 0 Å². The van der Waals surface area contributed by atoms with Crippen LogP contribution in [0.3, 0.4) is 0 Å². The lowest BCUT2D eigenvalue weighted by Gasteiger charge is -2.14. The van der Waals surface area contributed by atoms with Gasteiger partial charge in [0.1, 0.15) is 11.5 Å². The summed E-state index contributed by atoms with van der Waals surface area (Å²) in [6.07, 6.45) is 0.868. The van der Waals surface area contributed by atoms with E-state index in [4.69, 9.17) is 20.9 Å². The predicted molar refractivity (Wildman–Crippen MR) is 120 cm³/mol. The number of carbonyl (C=O) groups is 1. The number of anilines is 2. The average Bonchev–Trinajstić information content (AvgIpc) is 3.05. The first-order valence-corrected chi connectivity index (χ1v) is 9.47. The normalized spacial score (nSPS) is 10.9. The van der Waals surface area contributed by atoms with Crippen LogP contribution in [0.5, 0.6) is 11.5 Å². The molecule has 4 aromatic rings. The van der Waals surface area contributed by atoms with E-state index in [2.05, 4.69) is 0 Å². The summed E-state index contributed by atoms with van der Waals surface area (Å²) in [7, 11) is 3.20. The van der Waals surface area contributed by atoms with Crippen LogP contribution in [0, 0.1) is 6.92 Å². The maximum absolute atomic E-state index is 12.1. The van der Waals surface area contributed by atoms with Crippen LogP contribution in [-0.4, -0.2) is 24.9 Å². The third-order valence-corrected chi connectivity index (χ3v) is 5.41. The summed E-state index contributed by atoms with van der Waals surface area (Å²) >= 11 is 0. The number of ether oxygens (including phenoxy) is 2. The number of nitrogen functional groups attached to an aromatic ring is 2. The van der Waals surface area contributed by atoms with Gasteiger partial charge in [-0.3, -0.25) is 4.79 Å². The number of carbonyl (C=O) groups excluding carboxylic acids is 1. The number of nitrogens with zero attached hydrogens (tertiary/aromatic N) is 1. The second kappa shape index (κ2) is 7.48. The molecular weight excluding hydrogens is 378 g/mol. The highest BCUT2D eigenvalue weighted by Gasteiger charge is 2.21.